The number of aliphatic hydroxyl groups is 2. The number of pyridine rings is 1. The highest BCUT2D eigenvalue weighted by atomic mass is 16.5. The monoisotopic (exact) mass is 227 g/mol. The molecule has 2 atom stereocenters. The van der Waals surface area contributed by atoms with Gasteiger partial charge in [-0.1, -0.05) is 0 Å². The topological polar surface area (TPSA) is 99.6 Å². The second-order valence-electron chi connectivity index (χ2n) is 3.12. The molecule has 3 N–H and O–H groups in total. The summed E-state index contributed by atoms with van der Waals surface area (Å²) in [5, 5.41) is 19.0. The summed E-state index contributed by atoms with van der Waals surface area (Å²) in [7, 11) is 0. The Morgan fingerprint density at radius 2 is 2.25 bits per heavy atom. The van der Waals surface area contributed by atoms with E-state index < -0.39 is 18.2 Å². The Morgan fingerprint density at radius 1 is 1.56 bits per heavy atom. The van der Waals surface area contributed by atoms with Crippen LogP contribution in [0, 0.1) is 0 Å². The number of esters is 1. The molecule has 88 valence electrons. The molecule has 1 heterocycles. The van der Waals surface area contributed by atoms with Crippen LogP contribution in [0.4, 0.5) is 0 Å². The summed E-state index contributed by atoms with van der Waals surface area (Å²) >= 11 is 0. The fourth-order valence-electron chi connectivity index (χ4n) is 1.16. The first kappa shape index (κ1) is 12.4. The third kappa shape index (κ3) is 2.91. The maximum absolute atomic E-state index is 11.1. The first-order chi connectivity index (χ1) is 7.56. The lowest BCUT2D eigenvalue weighted by Crippen LogP contribution is -2.30. The van der Waals surface area contributed by atoms with Crippen molar-refractivity contribution in [3.8, 4) is 0 Å². The van der Waals surface area contributed by atoms with Gasteiger partial charge in [0, 0.05) is 18.3 Å². The van der Waals surface area contributed by atoms with Gasteiger partial charge in [0.05, 0.1) is 12.3 Å². The summed E-state index contributed by atoms with van der Waals surface area (Å²) in [4.78, 5) is 24.7. The van der Waals surface area contributed by atoms with E-state index in [9.17, 15) is 19.8 Å². The van der Waals surface area contributed by atoms with Crippen molar-refractivity contribution in [2.75, 3.05) is 6.61 Å². The largest absolute Gasteiger partial charge is 0.464 e. The first-order valence-corrected chi connectivity index (χ1v) is 4.77. The number of H-pyrrole nitrogens is 1. The lowest BCUT2D eigenvalue weighted by molar-refractivity contribution is -0.159. The van der Waals surface area contributed by atoms with E-state index in [1.807, 2.05) is 0 Å². The van der Waals surface area contributed by atoms with Crippen molar-refractivity contribution < 1.29 is 19.7 Å². The van der Waals surface area contributed by atoms with Gasteiger partial charge in [-0.15, -0.1) is 0 Å². The van der Waals surface area contributed by atoms with Crippen LogP contribution in [-0.2, 0) is 9.53 Å². The van der Waals surface area contributed by atoms with Gasteiger partial charge in [0.2, 0.25) is 0 Å². The lowest BCUT2D eigenvalue weighted by Gasteiger charge is -2.15. The highest BCUT2D eigenvalue weighted by Gasteiger charge is 2.27. The van der Waals surface area contributed by atoms with Crippen LogP contribution in [0.2, 0.25) is 0 Å². The number of hydrogen-bond acceptors (Lipinski definition) is 5. The fourth-order valence-corrected chi connectivity index (χ4v) is 1.16. The predicted molar refractivity (Wildman–Crippen MR) is 54.7 cm³/mol. The molecule has 0 radical (unpaired) electrons. The average Bonchev–Trinajstić information content (AvgIpc) is 2.27. The van der Waals surface area contributed by atoms with E-state index in [4.69, 9.17) is 0 Å². The van der Waals surface area contributed by atoms with Crippen molar-refractivity contribution in [2.24, 2.45) is 0 Å². The summed E-state index contributed by atoms with van der Waals surface area (Å²) in [6.07, 6.45) is -1.90. The number of aromatic amines is 1. The molecule has 0 saturated heterocycles. The lowest BCUT2D eigenvalue weighted by atomic mass is 10.1. The number of aliphatic hydroxyl groups excluding tert-OH is 2. The molecule has 0 bridgehead atoms. The molecule has 0 spiro atoms. The second kappa shape index (κ2) is 5.43. The molecule has 0 fully saturated rings. The molecule has 1 aromatic heterocycles. The third-order valence-corrected chi connectivity index (χ3v) is 1.94. The van der Waals surface area contributed by atoms with Gasteiger partial charge in [-0.25, -0.2) is 4.79 Å². The summed E-state index contributed by atoms with van der Waals surface area (Å²) in [5.74, 6) is -0.931. The summed E-state index contributed by atoms with van der Waals surface area (Å²) in [5.41, 5.74) is -0.267. The predicted octanol–water partition coefficient (Wildman–Crippen LogP) is -0.668. The normalized spacial score (nSPS) is 14.2. The Morgan fingerprint density at radius 3 is 2.81 bits per heavy atom. The van der Waals surface area contributed by atoms with Crippen molar-refractivity contribution in [2.45, 2.75) is 19.1 Å². The molecule has 0 aliphatic carbocycles. The van der Waals surface area contributed by atoms with Gasteiger partial charge in [0.15, 0.2) is 11.5 Å². The summed E-state index contributed by atoms with van der Waals surface area (Å²) in [6, 6.07) is 2.36. The zero-order valence-electron chi connectivity index (χ0n) is 8.71. The molecule has 0 aliphatic rings. The van der Waals surface area contributed by atoms with Crippen molar-refractivity contribution in [3.63, 3.8) is 0 Å². The molecule has 6 heteroatoms. The molecule has 1 aromatic rings. The minimum Gasteiger partial charge on any atom is -0.464 e. The SMILES string of the molecule is CCOC(=O)C(O)C(O)c1cc(=O)cc[nH]1. The Labute approximate surface area is 91.5 Å². The Hall–Kier alpha value is -1.66. The van der Waals surface area contributed by atoms with Gasteiger partial charge in [0.1, 0.15) is 6.10 Å². The minimum absolute atomic E-state index is 0.0630. The average molecular weight is 227 g/mol. The van der Waals surface area contributed by atoms with Crippen molar-refractivity contribution in [1.82, 2.24) is 4.98 Å². The van der Waals surface area contributed by atoms with Crippen molar-refractivity contribution in [3.05, 3.63) is 34.2 Å². The number of ether oxygens (including phenoxy) is 1. The smallest absolute Gasteiger partial charge is 0.338 e. The Balaban J connectivity index is 2.81. The number of nitrogens with one attached hydrogen (secondary N) is 1. The fraction of sp³-hybridized carbons (Fsp3) is 0.400. The van der Waals surface area contributed by atoms with Crippen LogP contribution in [0.25, 0.3) is 0 Å². The second-order valence-corrected chi connectivity index (χ2v) is 3.12. The zero-order valence-corrected chi connectivity index (χ0v) is 8.71. The Bertz CT molecular complexity index is 414. The van der Waals surface area contributed by atoms with Crippen LogP contribution < -0.4 is 5.43 Å². The number of aromatic nitrogens is 1. The highest BCUT2D eigenvalue weighted by Crippen LogP contribution is 2.13. The molecule has 16 heavy (non-hydrogen) atoms. The van der Waals surface area contributed by atoms with Gasteiger partial charge in [-0.3, -0.25) is 4.79 Å². The molecule has 1 rings (SSSR count). The maximum atomic E-state index is 11.1. The molecule has 0 aromatic carbocycles. The van der Waals surface area contributed by atoms with E-state index >= 15 is 0 Å². The maximum Gasteiger partial charge on any atom is 0.338 e. The van der Waals surface area contributed by atoms with E-state index in [1.54, 1.807) is 6.92 Å². The molecule has 0 saturated carbocycles. The zero-order chi connectivity index (χ0) is 12.1. The van der Waals surface area contributed by atoms with Crippen molar-refractivity contribution >= 4 is 5.97 Å². The van der Waals surface area contributed by atoms with Gasteiger partial charge in [0.25, 0.3) is 0 Å². The van der Waals surface area contributed by atoms with Crippen LogP contribution in [0.5, 0.6) is 0 Å². The molecule has 6 nitrogen and oxygen atoms in total. The number of rotatable bonds is 4. The quantitative estimate of drug-likeness (QED) is 0.592. The van der Waals surface area contributed by atoms with E-state index in [0.29, 0.717) is 0 Å². The minimum atomic E-state index is -1.71. The number of carbonyl (C=O) groups excluding carboxylic acids is 1. The van der Waals surface area contributed by atoms with E-state index in [2.05, 4.69) is 9.72 Å². The van der Waals surface area contributed by atoms with Crippen LogP contribution in [0.15, 0.2) is 23.1 Å². The van der Waals surface area contributed by atoms with Gasteiger partial charge in [-0.05, 0) is 6.92 Å². The summed E-state index contributed by atoms with van der Waals surface area (Å²) in [6.45, 7) is 1.69. The number of hydrogen-bond donors (Lipinski definition) is 3. The van der Waals surface area contributed by atoms with Gasteiger partial charge in [-0.2, -0.15) is 0 Å². The first-order valence-electron chi connectivity index (χ1n) is 4.77. The standard InChI is InChI=1S/C10H13NO5/c1-2-16-10(15)9(14)8(13)7-5-6(12)3-4-11-7/h3-5,8-9,13-14H,2H2,1H3,(H,11,12). The third-order valence-electron chi connectivity index (χ3n) is 1.94. The van der Waals surface area contributed by atoms with Crippen LogP contribution in [0.1, 0.15) is 18.7 Å². The van der Waals surface area contributed by atoms with E-state index in [-0.39, 0.29) is 17.7 Å². The highest BCUT2D eigenvalue weighted by molar-refractivity contribution is 5.75. The molecule has 0 amide bonds. The van der Waals surface area contributed by atoms with Gasteiger partial charge >= 0.3 is 5.97 Å². The van der Waals surface area contributed by atoms with Crippen LogP contribution in [0.3, 0.4) is 0 Å². The van der Waals surface area contributed by atoms with Crippen LogP contribution >= 0.6 is 0 Å². The molecule has 2 unspecified atom stereocenters. The van der Waals surface area contributed by atoms with E-state index in [1.165, 1.54) is 12.3 Å². The molecular formula is C10H13NO5. The molecular weight excluding hydrogens is 214 g/mol. The van der Waals surface area contributed by atoms with E-state index in [0.717, 1.165) is 6.07 Å². The number of carbonyl (C=O) groups is 1. The van der Waals surface area contributed by atoms with Crippen molar-refractivity contribution in [1.29, 1.82) is 0 Å². The van der Waals surface area contributed by atoms with Gasteiger partial charge < -0.3 is 19.9 Å². The summed E-state index contributed by atoms with van der Waals surface area (Å²) < 4.78 is 4.54. The molecule has 0 aliphatic heterocycles. The Kier molecular flexibility index (Phi) is 4.21. The van der Waals surface area contributed by atoms with Crippen LogP contribution in [-0.4, -0.2) is 33.9 Å².